The SMILES string of the molecule is O=C(Nc1ccncc1)c1cc(C(=O)Nc2ccncc2)cc(C(=O)Nc2ccncc2)c1. The number of pyridine rings is 3. The van der Waals surface area contributed by atoms with Crippen LogP contribution in [0.15, 0.2) is 91.8 Å². The van der Waals surface area contributed by atoms with Crippen molar-refractivity contribution in [3.8, 4) is 0 Å². The molecule has 0 aliphatic heterocycles. The van der Waals surface area contributed by atoms with Crippen molar-refractivity contribution in [3.05, 3.63) is 108 Å². The lowest BCUT2D eigenvalue weighted by atomic mass is 10.0. The Labute approximate surface area is 188 Å². The molecule has 0 spiro atoms. The van der Waals surface area contributed by atoms with Crippen LogP contribution in [0.3, 0.4) is 0 Å². The quantitative estimate of drug-likeness (QED) is 0.422. The Hall–Kier alpha value is -4.92. The van der Waals surface area contributed by atoms with E-state index in [-0.39, 0.29) is 16.7 Å². The minimum Gasteiger partial charge on any atom is -0.322 e. The number of nitrogens with zero attached hydrogens (tertiary/aromatic N) is 3. The van der Waals surface area contributed by atoms with E-state index in [1.165, 1.54) is 18.2 Å². The average Bonchev–Trinajstić information content (AvgIpc) is 2.85. The molecule has 0 unspecified atom stereocenters. The van der Waals surface area contributed by atoms with E-state index < -0.39 is 17.7 Å². The molecule has 9 nitrogen and oxygen atoms in total. The monoisotopic (exact) mass is 438 g/mol. The Morgan fingerprint density at radius 3 is 0.939 bits per heavy atom. The Kier molecular flexibility index (Phi) is 6.41. The van der Waals surface area contributed by atoms with Crippen molar-refractivity contribution < 1.29 is 14.4 Å². The average molecular weight is 438 g/mol. The van der Waals surface area contributed by atoms with Gasteiger partial charge in [0, 0.05) is 70.9 Å². The zero-order valence-corrected chi connectivity index (χ0v) is 17.2. The number of hydrogen-bond donors (Lipinski definition) is 3. The van der Waals surface area contributed by atoms with Crippen molar-refractivity contribution in [1.29, 1.82) is 0 Å². The first-order valence-corrected chi connectivity index (χ1v) is 9.88. The highest BCUT2D eigenvalue weighted by atomic mass is 16.2. The predicted molar refractivity (Wildman–Crippen MR) is 123 cm³/mol. The number of carbonyl (C=O) groups excluding carboxylic acids is 3. The van der Waals surface area contributed by atoms with Crippen LogP contribution in [0, 0.1) is 0 Å². The fourth-order valence-electron chi connectivity index (χ4n) is 2.94. The van der Waals surface area contributed by atoms with Gasteiger partial charge in [0.25, 0.3) is 17.7 Å². The lowest BCUT2D eigenvalue weighted by Gasteiger charge is -2.11. The van der Waals surface area contributed by atoms with Crippen LogP contribution in [0.5, 0.6) is 0 Å². The van der Waals surface area contributed by atoms with Gasteiger partial charge in [0.05, 0.1) is 0 Å². The van der Waals surface area contributed by atoms with E-state index in [4.69, 9.17) is 0 Å². The second kappa shape index (κ2) is 9.92. The lowest BCUT2D eigenvalue weighted by molar-refractivity contribution is 0.102. The van der Waals surface area contributed by atoms with E-state index in [1.807, 2.05) is 0 Å². The van der Waals surface area contributed by atoms with Crippen LogP contribution in [0.2, 0.25) is 0 Å². The van der Waals surface area contributed by atoms with E-state index in [0.717, 1.165) is 0 Å². The summed E-state index contributed by atoms with van der Waals surface area (Å²) in [6.45, 7) is 0. The van der Waals surface area contributed by atoms with E-state index >= 15 is 0 Å². The van der Waals surface area contributed by atoms with Gasteiger partial charge in [-0.2, -0.15) is 0 Å². The third kappa shape index (κ3) is 5.61. The number of aromatic nitrogens is 3. The molecule has 33 heavy (non-hydrogen) atoms. The van der Waals surface area contributed by atoms with Gasteiger partial charge in [-0.25, -0.2) is 0 Å². The normalized spacial score (nSPS) is 10.2. The molecule has 0 saturated heterocycles. The number of hydrogen-bond acceptors (Lipinski definition) is 6. The summed E-state index contributed by atoms with van der Waals surface area (Å²) >= 11 is 0. The van der Waals surface area contributed by atoms with Gasteiger partial charge >= 0.3 is 0 Å². The first-order valence-electron chi connectivity index (χ1n) is 9.88. The number of carbonyl (C=O) groups is 3. The van der Waals surface area contributed by atoms with Gasteiger partial charge in [0.1, 0.15) is 0 Å². The minimum atomic E-state index is -0.474. The number of amides is 3. The van der Waals surface area contributed by atoms with Crippen LogP contribution in [0.25, 0.3) is 0 Å². The molecule has 3 aromatic heterocycles. The maximum Gasteiger partial charge on any atom is 0.255 e. The molecule has 0 radical (unpaired) electrons. The van der Waals surface area contributed by atoms with Crippen LogP contribution in [-0.4, -0.2) is 32.7 Å². The summed E-state index contributed by atoms with van der Waals surface area (Å²) in [4.78, 5) is 50.3. The van der Waals surface area contributed by atoms with Crippen molar-refractivity contribution in [1.82, 2.24) is 15.0 Å². The van der Waals surface area contributed by atoms with Gasteiger partial charge < -0.3 is 16.0 Å². The molecule has 0 fully saturated rings. The fraction of sp³-hybridized carbons (Fsp3) is 0. The zero-order chi connectivity index (χ0) is 23.0. The highest BCUT2D eigenvalue weighted by molar-refractivity contribution is 6.12. The van der Waals surface area contributed by atoms with Gasteiger partial charge in [-0.15, -0.1) is 0 Å². The van der Waals surface area contributed by atoms with E-state index in [0.29, 0.717) is 17.1 Å². The maximum absolute atomic E-state index is 12.9. The van der Waals surface area contributed by atoms with E-state index in [9.17, 15) is 14.4 Å². The molecule has 3 heterocycles. The van der Waals surface area contributed by atoms with Gasteiger partial charge in [0.15, 0.2) is 0 Å². The Balaban J connectivity index is 1.65. The Bertz CT molecular complexity index is 1110. The van der Waals surface area contributed by atoms with Crippen LogP contribution >= 0.6 is 0 Å². The summed E-state index contributed by atoms with van der Waals surface area (Å²) in [7, 11) is 0. The summed E-state index contributed by atoms with van der Waals surface area (Å²) in [6, 6.07) is 14.1. The number of rotatable bonds is 6. The van der Waals surface area contributed by atoms with E-state index in [2.05, 4.69) is 30.9 Å². The first kappa shape index (κ1) is 21.3. The van der Waals surface area contributed by atoms with Crippen LogP contribution in [0.4, 0.5) is 17.1 Å². The molecule has 1 aromatic carbocycles. The molecule has 3 N–H and O–H groups in total. The number of nitrogens with one attached hydrogen (secondary N) is 3. The first-order chi connectivity index (χ1) is 16.1. The third-order valence-electron chi connectivity index (χ3n) is 4.53. The lowest BCUT2D eigenvalue weighted by Crippen LogP contribution is -2.19. The topological polar surface area (TPSA) is 126 Å². The van der Waals surface area contributed by atoms with Crippen molar-refractivity contribution >= 4 is 34.8 Å². The largest absolute Gasteiger partial charge is 0.322 e. The molecule has 0 bridgehead atoms. The molecule has 0 saturated carbocycles. The number of anilines is 3. The van der Waals surface area contributed by atoms with Crippen molar-refractivity contribution in [2.45, 2.75) is 0 Å². The smallest absolute Gasteiger partial charge is 0.255 e. The molecule has 4 aromatic rings. The highest BCUT2D eigenvalue weighted by Gasteiger charge is 2.17. The minimum absolute atomic E-state index is 0.147. The predicted octanol–water partition coefficient (Wildman–Crippen LogP) is 3.63. The summed E-state index contributed by atoms with van der Waals surface area (Å²) in [5.41, 5.74) is 2.04. The maximum atomic E-state index is 12.9. The van der Waals surface area contributed by atoms with Gasteiger partial charge in [-0.05, 0) is 54.6 Å². The van der Waals surface area contributed by atoms with Crippen molar-refractivity contribution in [2.75, 3.05) is 16.0 Å². The molecule has 162 valence electrons. The van der Waals surface area contributed by atoms with Gasteiger partial charge in [-0.1, -0.05) is 0 Å². The van der Waals surface area contributed by atoms with Crippen LogP contribution < -0.4 is 16.0 Å². The summed E-state index contributed by atoms with van der Waals surface area (Å²) in [6.07, 6.45) is 9.26. The van der Waals surface area contributed by atoms with E-state index in [1.54, 1.807) is 73.6 Å². The Morgan fingerprint density at radius 1 is 0.455 bits per heavy atom. The summed E-state index contributed by atoms with van der Waals surface area (Å²) < 4.78 is 0. The Morgan fingerprint density at radius 2 is 0.697 bits per heavy atom. The second-order valence-electron chi connectivity index (χ2n) is 6.87. The summed E-state index contributed by atoms with van der Waals surface area (Å²) in [5.74, 6) is -1.42. The third-order valence-corrected chi connectivity index (χ3v) is 4.53. The molecule has 0 aliphatic rings. The molecule has 3 amide bonds. The zero-order valence-electron chi connectivity index (χ0n) is 17.2. The van der Waals surface area contributed by atoms with Crippen molar-refractivity contribution in [2.24, 2.45) is 0 Å². The number of benzene rings is 1. The van der Waals surface area contributed by atoms with Gasteiger partial charge in [0.2, 0.25) is 0 Å². The molecule has 4 rings (SSSR count). The highest BCUT2D eigenvalue weighted by Crippen LogP contribution is 2.17. The second-order valence-corrected chi connectivity index (χ2v) is 6.87. The summed E-state index contributed by atoms with van der Waals surface area (Å²) in [5, 5.41) is 8.19. The molecule has 9 heteroatoms. The fourth-order valence-corrected chi connectivity index (χ4v) is 2.94. The standard InChI is InChI=1S/C24H18N6O3/c31-22(28-19-1-7-25-8-2-19)16-13-17(23(32)29-20-3-9-26-10-4-20)15-18(14-16)24(33)30-21-5-11-27-12-6-21/h1-15H,(H,25,28,31)(H,26,29,32)(H,27,30,33). The molecule has 0 aliphatic carbocycles. The van der Waals surface area contributed by atoms with Crippen LogP contribution in [0.1, 0.15) is 31.1 Å². The molecule has 0 atom stereocenters. The molecular weight excluding hydrogens is 420 g/mol. The van der Waals surface area contributed by atoms with Gasteiger partial charge in [-0.3, -0.25) is 29.3 Å². The molecular formula is C24H18N6O3. The van der Waals surface area contributed by atoms with Crippen molar-refractivity contribution in [3.63, 3.8) is 0 Å². The van der Waals surface area contributed by atoms with Crippen LogP contribution in [-0.2, 0) is 0 Å².